The van der Waals surface area contributed by atoms with Crippen LogP contribution in [0.4, 0.5) is 0 Å². The van der Waals surface area contributed by atoms with Crippen molar-refractivity contribution in [1.29, 1.82) is 0 Å². The number of likely N-dealkylation sites (tertiary alicyclic amines) is 2. The number of carbonyl (C=O) groups excluding carboxylic acids is 4. The summed E-state index contributed by atoms with van der Waals surface area (Å²) in [6.45, 7) is 8.91. The van der Waals surface area contributed by atoms with E-state index in [-0.39, 0.29) is 31.1 Å². The van der Waals surface area contributed by atoms with Crippen LogP contribution in [0.25, 0.3) is 0 Å². The van der Waals surface area contributed by atoms with Crippen molar-refractivity contribution in [2.24, 2.45) is 17.6 Å². The van der Waals surface area contributed by atoms with Crippen molar-refractivity contribution in [3.05, 3.63) is 0 Å². The van der Waals surface area contributed by atoms with E-state index in [1.54, 1.807) is 13.8 Å². The molecule has 0 bridgehead atoms. The van der Waals surface area contributed by atoms with Crippen molar-refractivity contribution in [3.8, 4) is 0 Å². The first-order valence-electron chi connectivity index (χ1n) is 14.6. The molecule has 0 radical (unpaired) electrons. The second kappa shape index (κ2) is 17.4. The maximum absolute atomic E-state index is 13.6. The van der Waals surface area contributed by atoms with E-state index in [1.807, 2.05) is 13.8 Å². The number of rotatable bonds is 13. The van der Waals surface area contributed by atoms with Crippen molar-refractivity contribution in [1.82, 2.24) is 20.4 Å². The van der Waals surface area contributed by atoms with Crippen LogP contribution in [0.2, 0.25) is 0 Å². The molecule has 0 unspecified atom stereocenters. The summed E-state index contributed by atoms with van der Waals surface area (Å²) < 4.78 is 0. The third-order valence-electron chi connectivity index (χ3n) is 7.22. The molecule has 2 saturated heterocycles. The van der Waals surface area contributed by atoms with Crippen LogP contribution in [0, 0.1) is 11.8 Å². The van der Waals surface area contributed by atoms with Crippen LogP contribution >= 0.6 is 0 Å². The van der Waals surface area contributed by atoms with E-state index >= 15 is 0 Å². The van der Waals surface area contributed by atoms with E-state index in [1.165, 1.54) is 9.80 Å². The van der Waals surface area contributed by atoms with Gasteiger partial charge in [0, 0.05) is 26.4 Å². The Bertz CT molecular complexity index is 1030. The standard InChI is InChI=1S/C26H43N5O8.C2H4O2/c1-14(2)13-17(26(38)39)28-22(34)18-7-6-12-31(18)25(37)21(15(3)4)29-23(35)19-8-5-11-30(19)24(36)16(27)9-10-20(32)33;1-2(3)4/h14-19,21H,5-13,27H2,1-4H3,(H,28,34)(H,29,35)(H,32,33)(H,38,39);1H3,(H,3,4)/t16-,17-,18-,19-,21-;/m0./s1. The quantitative estimate of drug-likeness (QED) is 0.162. The average Bonchev–Trinajstić information content (AvgIpc) is 3.58. The van der Waals surface area contributed by atoms with Crippen molar-refractivity contribution < 1.29 is 48.9 Å². The third kappa shape index (κ3) is 11.8. The number of amides is 4. The van der Waals surface area contributed by atoms with Crippen molar-refractivity contribution in [2.75, 3.05) is 13.1 Å². The summed E-state index contributed by atoms with van der Waals surface area (Å²) in [4.78, 5) is 86.9. The Hall–Kier alpha value is -3.75. The van der Waals surface area contributed by atoms with Gasteiger partial charge >= 0.3 is 11.9 Å². The highest BCUT2D eigenvalue weighted by molar-refractivity contribution is 5.96. The fourth-order valence-electron chi connectivity index (χ4n) is 5.12. The molecule has 15 nitrogen and oxygen atoms in total. The van der Waals surface area contributed by atoms with Crippen molar-refractivity contribution in [2.45, 2.75) is 110 Å². The first-order chi connectivity index (χ1) is 20.0. The summed E-state index contributed by atoms with van der Waals surface area (Å²) in [5.41, 5.74) is 5.89. The SMILES string of the molecule is CC(=O)O.CC(C)C[C@H](NC(=O)[C@@H]1CCCN1C(=O)[C@@H](NC(=O)[C@@H]1CCCN1C(=O)[C@@H](N)CCC(=O)O)C(C)C)C(=O)O. The zero-order chi connectivity index (χ0) is 33.0. The van der Waals surface area contributed by atoms with Crippen LogP contribution in [-0.2, 0) is 33.6 Å². The van der Waals surface area contributed by atoms with E-state index in [9.17, 15) is 33.9 Å². The van der Waals surface area contributed by atoms with Crippen LogP contribution in [0.5, 0.6) is 0 Å². The Labute approximate surface area is 251 Å². The van der Waals surface area contributed by atoms with Gasteiger partial charge in [0.2, 0.25) is 23.6 Å². The van der Waals surface area contributed by atoms with Gasteiger partial charge in [-0.25, -0.2) is 4.79 Å². The van der Waals surface area contributed by atoms with Crippen molar-refractivity contribution >= 4 is 41.5 Å². The smallest absolute Gasteiger partial charge is 0.326 e. The number of carbonyl (C=O) groups is 7. The zero-order valence-corrected chi connectivity index (χ0v) is 25.6. The number of hydrogen-bond donors (Lipinski definition) is 6. The largest absolute Gasteiger partial charge is 0.481 e. The number of hydrogen-bond acceptors (Lipinski definition) is 8. The maximum Gasteiger partial charge on any atom is 0.326 e. The molecule has 7 N–H and O–H groups in total. The number of aliphatic carboxylic acids is 3. The molecule has 15 heteroatoms. The number of nitrogens with one attached hydrogen (secondary N) is 2. The Morgan fingerprint density at radius 2 is 1.28 bits per heavy atom. The van der Waals surface area contributed by atoms with Gasteiger partial charge in [0.1, 0.15) is 24.2 Å². The molecule has 2 aliphatic rings. The Morgan fingerprint density at radius 1 is 0.814 bits per heavy atom. The lowest BCUT2D eigenvalue weighted by atomic mass is 10.0. The molecule has 4 amide bonds. The summed E-state index contributed by atoms with van der Waals surface area (Å²) in [6.07, 6.45) is 1.81. The van der Waals surface area contributed by atoms with E-state index < -0.39 is 71.7 Å². The normalized spacial score (nSPS) is 20.1. The second-order valence-corrected chi connectivity index (χ2v) is 11.7. The highest BCUT2D eigenvalue weighted by atomic mass is 16.4. The number of carboxylic acids is 3. The van der Waals surface area contributed by atoms with E-state index in [4.69, 9.17) is 20.7 Å². The minimum Gasteiger partial charge on any atom is -0.481 e. The van der Waals surface area contributed by atoms with Gasteiger partial charge in [0.25, 0.3) is 5.97 Å². The molecule has 0 spiro atoms. The highest BCUT2D eigenvalue weighted by Gasteiger charge is 2.42. The van der Waals surface area contributed by atoms with E-state index in [0.29, 0.717) is 38.8 Å². The molecule has 2 rings (SSSR count). The molecule has 0 aromatic rings. The molecule has 5 atom stereocenters. The van der Waals surface area contributed by atoms with E-state index in [0.717, 1.165) is 6.92 Å². The Kier molecular flexibility index (Phi) is 15.1. The lowest BCUT2D eigenvalue weighted by Gasteiger charge is -2.33. The maximum atomic E-state index is 13.6. The van der Waals surface area contributed by atoms with Gasteiger partial charge in [-0.1, -0.05) is 27.7 Å². The summed E-state index contributed by atoms with van der Waals surface area (Å²) in [5.74, 6) is -5.33. The van der Waals surface area contributed by atoms with Crippen LogP contribution in [-0.4, -0.2) is 110 Å². The van der Waals surface area contributed by atoms with Crippen LogP contribution in [0.1, 0.15) is 79.6 Å². The lowest BCUT2D eigenvalue weighted by Crippen LogP contribution is -2.59. The molecule has 43 heavy (non-hydrogen) atoms. The molecular weight excluding hydrogens is 566 g/mol. The van der Waals surface area contributed by atoms with Gasteiger partial charge in [-0.2, -0.15) is 0 Å². The molecule has 2 fully saturated rings. The fourth-order valence-corrected chi connectivity index (χ4v) is 5.12. The topological polar surface area (TPSA) is 237 Å². The van der Waals surface area contributed by atoms with Gasteiger partial charge in [-0.05, 0) is 50.4 Å². The summed E-state index contributed by atoms with van der Waals surface area (Å²) >= 11 is 0. The summed E-state index contributed by atoms with van der Waals surface area (Å²) in [6, 6.07) is -4.77. The van der Waals surface area contributed by atoms with Gasteiger partial charge in [-0.15, -0.1) is 0 Å². The van der Waals surface area contributed by atoms with Crippen LogP contribution in [0.3, 0.4) is 0 Å². The Morgan fingerprint density at radius 3 is 1.70 bits per heavy atom. The zero-order valence-electron chi connectivity index (χ0n) is 25.6. The number of nitrogens with two attached hydrogens (primary N) is 1. The number of nitrogens with zero attached hydrogens (tertiary/aromatic N) is 2. The first-order valence-corrected chi connectivity index (χ1v) is 14.6. The van der Waals surface area contributed by atoms with Crippen LogP contribution in [0.15, 0.2) is 0 Å². The molecule has 0 aromatic heterocycles. The van der Waals surface area contributed by atoms with Gasteiger partial charge in [0.15, 0.2) is 0 Å². The first kappa shape index (κ1) is 37.3. The molecular formula is C28H47N5O10. The molecule has 244 valence electrons. The van der Waals surface area contributed by atoms with Crippen molar-refractivity contribution in [3.63, 3.8) is 0 Å². The molecule has 0 saturated carbocycles. The fraction of sp³-hybridized carbons (Fsp3) is 0.750. The van der Waals surface area contributed by atoms with Crippen LogP contribution < -0.4 is 16.4 Å². The van der Waals surface area contributed by atoms with Gasteiger partial charge in [-0.3, -0.25) is 28.8 Å². The third-order valence-corrected chi connectivity index (χ3v) is 7.22. The molecule has 0 aliphatic carbocycles. The molecule has 2 heterocycles. The summed E-state index contributed by atoms with van der Waals surface area (Å²) in [5, 5.41) is 31.1. The van der Waals surface area contributed by atoms with Gasteiger partial charge in [0.05, 0.1) is 6.04 Å². The van der Waals surface area contributed by atoms with E-state index in [2.05, 4.69) is 10.6 Å². The second-order valence-electron chi connectivity index (χ2n) is 11.7. The Balaban J connectivity index is 0.00000217. The van der Waals surface area contributed by atoms with Gasteiger partial charge < -0.3 is 41.5 Å². The highest BCUT2D eigenvalue weighted by Crippen LogP contribution is 2.23. The molecule has 0 aromatic carbocycles. The molecule has 2 aliphatic heterocycles. The predicted octanol–water partition coefficient (Wildman–Crippen LogP) is 0.00770. The minimum absolute atomic E-state index is 0.0435. The minimum atomic E-state index is -1.14. The summed E-state index contributed by atoms with van der Waals surface area (Å²) in [7, 11) is 0. The number of carboxylic acid groups (broad SMARTS) is 3. The predicted molar refractivity (Wildman–Crippen MR) is 153 cm³/mol. The lowest BCUT2D eigenvalue weighted by molar-refractivity contribution is -0.146. The average molecular weight is 614 g/mol. The monoisotopic (exact) mass is 613 g/mol.